The van der Waals surface area contributed by atoms with Crippen molar-refractivity contribution in [2.75, 3.05) is 14.2 Å². The Labute approximate surface area is 156 Å². The minimum Gasteiger partial charge on any atom is -0.469 e. The summed E-state index contributed by atoms with van der Waals surface area (Å²) in [4.78, 5) is 24.0. The van der Waals surface area contributed by atoms with Crippen molar-refractivity contribution < 1.29 is 23.5 Å². The molecule has 0 unspecified atom stereocenters. The van der Waals surface area contributed by atoms with Gasteiger partial charge in [-0.1, -0.05) is 36.4 Å². The molecular weight excluding hydrogens is 347 g/mol. The largest absolute Gasteiger partial charge is 0.469 e. The number of methoxy groups -OCH3 is 2. The first kappa shape index (κ1) is 18.6. The lowest BCUT2D eigenvalue weighted by Crippen LogP contribution is -2.08. The van der Waals surface area contributed by atoms with Gasteiger partial charge in [0.25, 0.3) is 0 Å². The van der Waals surface area contributed by atoms with Crippen LogP contribution in [-0.2, 0) is 20.7 Å². The van der Waals surface area contributed by atoms with Crippen molar-refractivity contribution in [3.05, 3.63) is 71.5 Å². The highest BCUT2D eigenvalue weighted by atomic mass is 19.1. The van der Waals surface area contributed by atoms with Gasteiger partial charge in [-0.2, -0.15) is 0 Å². The van der Waals surface area contributed by atoms with Gasteiger partial charge in [0.1, 0.15) is 5.82 Å². The lowest BCUT2D eigenvalue weighted by molar-refractivity contribution is -0.140. The fraction of sp³-hybridized carbons (Fsp3) is 0.182. The van der Waals surface area contributed by atoms with Gasteiger partial charge in [-0.25, -0.2) is 9.18 Å². The van der Waals surface area contributed by atoms with E-state index in [0.29, 0.717) is 22.9 Å². The second-order valence-corrected chi connectivity index (χ2v) is 6.08. The summed E-state index contributed by atoms with van der Waals surface area (Å²) in [5, 5.41) is 1.38. The molecule has 0 bridgehead atoms. The van der Waals surface area contributed by atoms with Gasteiger partial charge in [-0.15, -0.1) is 0 Å². The van der Waals surface area contributed by atoms with E-state index in [4.69, 9.17) is 9.47 Å². The maximum absolute atomic E-state index is 14.1. The van der Waals surface area contributed by atoms with Gasteiger partial charge >= 0.3 is 11.9 Å². The molecule has 0 aliphatic carbocycles. The normalized spacial score (nSPS) is 10.6. The highest BCUT2D eigenvalue weighted by Crippen LogP contribution is 2.36. The second-order valence-electron chi connectivity index (χ2n) is 6.08. The number of rotatable bonds is 5. The average Bonchev–Trinajstić information content (AvgIpc) is 2.70. The first-order valence-corrected chi connectivity index (χ1v) is 8.51. The predicted molar refractivity (Wildman–Crippen MR) is 101 cm³/mol. The van der Waals surface area contributed by atoms with Crippen LogP contribution in [0.25, 0.3) is 21.9 Å². The molecular formula is C22H19FO4. The molecule has 0 saturated carbocycles. The quantitative estimate of drug-likeness (QED) is 0.622. The third kappa shape index (κ3) is 3.82. The number of carbonyl (C=O) groups excluding carboxylic acids is 2. The summed E-state index contributed by atoms with van der Waals surface area (Å²) in [6.45, 7) is 0. The molecule has 3 aromatic carbocycles. The number of esters is 2. The second kappa shape index (κ2) is 7.99. The average molecular weight is 366 g/mol. The predicted octanol–water partition coefficient (Wildman–Crippen LogP) is 4.54. The molecule has 0 spiro atoms. The Kier molecular flexibility index (Phi) is 5.50. The number of hydrogen-bond donors (Lipinski definition) is 0. The highest BCUT2D eigenvalue weighted by Gasteiger charge is 2.20. The molecule has 0 amide bonds. The van der Waals surface area contributed by atoms with Crippen molar-refractivity contribution in [1.82, 2.24) is 0 Å². The Bertz CT molecular complexity index is 996. The van der Waals surface area contributed by atoms with E-state index < -0.39 is 11.8 Å². The van der Waals surface area contributed by atoms with Crippen molar-refractivity contribution in [2.24, 2.45) is 0 Å². The van der Waals surface area contributed by atoms with Crippen molar-refractivity contribution in [2.45, 2.75) is 12.8 Å². The molecule has 0 fully saturated rings. The maximum Gasteiger partial charge on any atom is 0.338 e. The minimum atomic E-state index is -0.515. The van der Waals surface area contributed by atoms with E-state index >= 15 is 0 Å². The number of fused-ring (bicyclic) bond motifs is 1. The fourth-order valence-electron chi connectivity index (χ4n) is 3.20. The van der Waals surface area contributed by atoms with Crippen LogP contribution in [0, 0.1) is 5.82 Å². The number of carbonyl (C=O) groups is 2. The van der Waals surface area contributed by atoms with E-state index in [2.05, 4.69) is 0 Å². The van der Waals surface area contributed by atoms with Gasteiger partial charge in [0.2, 0.25) is 0 Å². The third-order valence-electron chi connectivity index (χ3n) is 4.48. The lowest BCUT2D eigenvalue weighted by Gasteiger charge is -2.16. The molecule has 0 saturated heterocycles. The van der Waals surface area contributed by atoms with Gasteiger partial charge in [-0.05, 0) is 46.5 Å². The SMILES string of the molecule is COC(=O)CCc1cc(C(=O)OC)c(-c2ccccc2)c2cc(F)ccc12. The highest BCUT2D eigenvalue weighted by molar-refractivity contribution is 6.09. The van der Waals surface area contributed by atoms with Crippen LogP contribution in [0.3, 0.4) is 0 Å². The zero-order valence-corrected chi connectivity index (χ0v) is 15.1. The van der Waals surface area contributed by atoms with Crippen LogP contribution in [0.4, 0.5) is 4.39 Å². The van der Waals surface area contributed by atoms with Crippen molar-refractivity contribution >= 4 is 22.7 Å². The Morgan fingerprint density at radius 2 is 1.67 bits per heavy atom. The number of halogens is 1. The molecule has 0 aliphatic heterocycles. The van der Waals surface area contributed by atoms with Crippen LogP contribution in [-0.4, -0.2) is 26.2 Å². The monoisotopic (exact) mass is 366 g/mol. The lowest BCUT2D eigenvalue weighted by atomic mass is 9.89. The Hall–Kier alpha value is -3.21. The number of benzene rings is 3. The fourth-order valence-corrected chi connectivity index (χ4v) is 3.20. The smallest absolute Gasteiger partial charge is 0.338 e. The zero-order valence-electron chi connectivity index (χ0n) is 15.1. The number of aryl methyl sites for hydroxylation is 1. The summed E-state index contributed by atoms with van der Waals surface area (Å²) in [5.74, 6) is -1.27. The molecule has 0 aromatic heterocycles. The van der Waals surface area contributed by atoms with Gasteiger partial charge < -0.3 is 9.47 Å². The van der Waals surface area contributed by atoms with Crippen molar-refractivity contribution in [1.29, 1.82) is 0 Å². The third-order valence-corrected chi connectivity index (χ3v) is 4.48. The summed E-state index contributed by atoms with van der Waals surface area (Å²) in [6, 6.07) is 15.5. The van der Waals surface area contributed by atoms with Crippen LogP contribution in [0.2, 0.25) is 0 Å². The first-order chi connectivity index (χ1) is 13.0. The van der Waals surface area contributed by atoms with E-state index in [1.807, 2.05) is 30.3 Å². The van der Waals surface area contributed by atoms with E-state index in [1.165, 1.54) is 26.4 Å². The van der Waals surface area contributed by atoms with E-state index in [-0.39, 0.29) is 12.4 Å². The van der Waals surface area contributed by atoms with Crippen molar-refractivity contribution in [3.8, 4) is 11.1 Å². The van der Waals surface area contributed by atoms with Crippen LogP contribution in [0.15, 0.2) is 54.6 Å². The Balaban J connectivity index is 2.30. The minimum absolute atomic E-state index is 0.161. The zero-order chi connectivity index (χ0) is 19.4. The summed E-state index contributed by atoms with van der Waals surface area (Å²) >= 11 is 0. The molecule has 4 nitrogen and oxygen atoms in total. The Morgan fingerprint density at radius 3 is 2.33 bits per heavy atom. The van der Waals surface area contributed by atoms with E-state index in [1.54, 1.807) is 12.1 Å². The van der Waals surface area contributed by atoms with Crippen LogP contribution in [0.1, 0.15) is 22.3 Å². The maximum atomic E-state index is 14.1. The van der Waals surface area contributed by atoms with Crippen LogP contribution in [0.5, 0.6) is 0 Å². The van der Waals surface area contributed by atoms with Gasteiger partial charge in [0, 0.05) is 12.0 Å². The molecule has 0 atom stereocenters. The Morgan fingerprint density at radius 1 is 0.926 bits per heavy atom. The van der Waals surface area contributed by atoms with E-state index in [9.17, 15) is 14.0 Å². The molecule has 5 heteroatoms. The standard InChI is InChI=1S/C22H19FO4/c1-26-20(24)11-8-15-12-19(22(25)27-2)21(14-6-4-3-5-7-14)18-13-16(23)9-10-17(15)18/h3-7,9-10,12-13H,8,11H2,1-2H3. The molecule has 0 heterocycles. The molecule has 0 N–H and O–H groups in total. The molecule has 0 radical (unpaired) electrons. The van der Waals surface area contributed by atoms with Crippen LogP contribution < -0.4 is 0 Å². The number of ether oxygens (including phenoxy) is 2. The summed E-state index contributed by atoms with van der Waals surface area (Å²) in [5.41, 5.74) is 2.49. The summed E-state index contributed by atoms with van der Waals surface area (Å²) in [7, 11) is 2.63. The van der Waals surface area contributed by atoms with Gasteiger partial charge in [-0.3, -0.25) is 4.79 Å². The van der Waals surface area contributed by atoms with Gasteiger partial charge in [0.05, 0.1) is 19.8 Å². The molecule has 3 rings (SSSR count). The first-order valence-electron chi connectivity index (χ1n) is 8.51. The number of hydrogen-bond acceptors (Lipinski definition) is 4. The van der Waals surface area contributed by atoms with Gasteiger partial charge in [0.15, 0.2) is 0 Å². The molecule has 0 aliphatic rings. The molecule has 27 heavy (non-hydrogen) atoms. The molecule has 3 aromatic rings. The van der Waals surface area contributed by atoms with Crippen LogP contribution >= 0.6 is 0 Å². The summed E-state index contributed by atoms with van der Waals surface area (Å²) in [6.07, 6.45) is 0.530. The van der Waals surface area contributed by atoms with E-state index in [0.717, 1.165) is 16.5 Å². The van der Waals surface area contributed by atoms with Crippen molar-refractivity contribution in [3.63, 3.8) is 0 Å². The molecule has 138 valence electrons. The topological polar surface area (TPSA) is 52.6 Å². The summed E-state index contributed by atoms with van der Waals surface area (Å²) < 4.78 is 23.7.